The molecule has 0 saturated carbocycles. The van der Waals surface area contributed by atoms with Crippen LogP contribution in [0.25, 0.3) is 0 Å². The van der Waals surface area contributed by atoms with Crippen LogP contribution in [0.1, 0.15) is 230 Å². The molecule has 1 nitrogen and oxygen atoms in total. The fraction of sp³-hybridized carbons (Fsp3) is 0.704. The van der Waals surface area contributed by atoms with E-state index in [1.807, 2.05) is 0 Å². The van der Waals surface area contributed by atoms with Crippen molar-refractivity contribution in [1.29, 1.82) is 0 Å². The van der Waals surface area contributed by atoms with Gasteiger partial charge in [0.15, 0.2) is 0 Å². The standard InChI is InChI=1S/C54H92N/c1-3-5-7-9-11-13-15-17-19-21-23-25-27-29-31-33-35-43-49-55(51-53-45-39-37-40-46-53,52-54-47-41-38-42-48-54)50-44-36-34-32-30-28-26-24-22-20-18-16-14-12-10-8-6-4-2/h33-42,45-48H,3-32,43-44,49-52H2,1-2H3/q+1/b35-33+,36-34+. The molecular weight excluding hydrogens is 663 g/mol. The van der Waals surface area contributed by atoms with Crippen LogP contribution in [0.3, 0.4) is 0 Å². The van der Waals surface area contributed by atoms with Crippen molar-refractivity contribution in [2.75, 3.05) is 13.1 Å². The van der Waals surface area contributed by atoms with Crippen LogP contribution in [-0.2, 0) is 13.1 Å². The van der Waals surface area contributed by atoms with Crippen molar-refractivity contribution < 1.29 is 4.48 Å². The third-order valence-corrected chi connectivity index (χ3v) is 12.0. The van der Waals surface area contributed by atoms with Crippen LogP contribution < -0.4 is 0 Å². The van der Waals surface area contributed by atoms with Crippen molar-refractivity contribution in [3.05, 3.63) is 96.1 Å². The Balaban J connectivity index is 1.69. The normalized spacial score (nSPS) is 12.1. The van der Waals surface area contributed by atoms with Gasteiger partial charge >= 0.3 is 0 Å². The molecule has 0 bridgehead atoms. The molecule has 0 heterocycles. The number of quaternary nitrogens is 1. The lowest BCUT2D eigenvalue weighted by Gasteiger charge is -2.39. The molecule has 2 rings (SSSR count). The molecule has 0 fully saturated rings. The third kappa shape index (κ3) is 29.7. The van der Waals surface area contributed by atoms with E-state index in [1.54, 1.807) is 0 Å². The number of unbranched alkanes of at least 4 members (excludes halogenated alkanes) is 28. The fourth-order valence-electron chi connectivity index (χ4n) is 8.51. The lowest BCUT2D eigenvalue weighted by Crippen LogP contribution is -2.47. The summed E-state index contributed by atoms with van der Waals surface area (Å²) >= 11 is 0. The average molecular weight is 755 g/mol. The minimum absolute atomic E-state index is 1.11. The Bertz CT molecular complexity index is 1010. The lowest BCUT2D eigenvalue weighted by atomic mass is 10.0. The van der Waals surface area contributed by atoms with E-state index in [0.29, 0.717) is 0 Å². The summed E-state index contributed by atoms with van der Waals surface area (Å²) < 4.78 is 1.13. The van der Waals surface area contributed by atoms with Crippen LogP contribution in [0.15, 0.2) is 85.0 Å². The molecule has 0 radical (unpaired) electrons. The van der Waals surface area contributed by atoms with Gasteiger partial charge in [-0.1, -0.05) is 266 Å². The minimum atomic E-state index is 1.11. The second kappa shape index (κ2) is 37.5. The highest BCUT2D eigenvalue weighted by atomic mass is 15.3. The summed E-state index contributed by atoms with van der Waals surface area (Å²) in [6.07, 6.45) is 55.0. The maximum atomic E-state index is 2.51. The molecule has 0 spiro atoms. The zero-order valence-corrected chi connectivity index (χ0v) is 37.0. The Morgan fingerprint density at radius 2 is 0.564 bits per heavy atom. The molecule has 2 aromatic rings. The summed E-state index contributed by atoms with van der Waals surface area (Å²) in [5, 5.41) is 0. The van der Waals surface area contributed by atoms with Gasteiger partial charge in [0.25, 0.3) is 0 Å². The van der Waals surface area contributed by atoms with Crippen LogP contribution in [0.2, 0.25) is 0 Å². The van der Waals surface area contributed by atoms with Crippen LogP contribution in [0, 0.1) is 0 Å². The maximum Gasteiger partial charge on any atom is 0.105 e. The van der Waals surface area contributed by atoms with E-state index in [-0.39, 0.29) is 0 Å². The van der Waals surface area contributed by atoms with Crippen molar-refractivity contribution in [2.45, 2.75) is 232 Å². The van der Waals surface area contributed by atoms with Crippen LogP contribution in [0.5, 0.6) is 0 Å². The van der Waals surface area contributed by atoms with Gasteiger partial charge in [-0.05, 0) is 25.7 Å². The fourth-order valence-corrected chi connectivity index (χ4v) is 8.51. The van der Waals surface area contributed by atoms with Gasteiger partial charge < -0.3 is 4.48 Å². The number of nitrogens with zero attached hydrogens (tertiary/aromatic N) is 1. The van der Waals surface area contributed by atoms with Crippen LogP contribution >= 0.6 is 0 Å². The summed E-state index contributed by atoms with van der Waals surface area (Å²) in [6, 6.07) is 22.6. The van der Waals surface area contributed by atoms with E-state index in [0.717, 1.165) is 17.6 Å². The number of hydrogen-bond donors (Lipinski definition) is 0. The molecule has 1 heteroatoms. The van der Waals surface area contributed by atoms with Gasteiger partial charge in [0.1, 0.15) is 13.1 Å². The molecule has 312 valence electrons. The lowest BCUT2D eigenvalue weighted by molar-refractivity contribution is -0.953. The van der Waals surface area contributed by atoms with Gasteiger partial charge in [-0.15, -0.1) is 0 Å². The van der Waals surface area contributed by atoms with Gasteiger partial charge in [-0.25, -0.2) is 0 Å². The molecule has 0 amide bonds. The molecule has 0 N–H and O–H groups in total. The van der Waals surface area contributed by atoms with Crippen molar-refractivity contribution in [1.82, 2.24) is 0 Å². The first-order chi connectivity index (χ1) is 27.3. The highest BCUT2D eigenvalue weighted by Gasteiger charge is 2.27. The summed E-state index contributed by atoms with van der Waals surface area (Å²) in [6.45, 7) is 9.23. The zero-order valence-electron chi connectivity index (χ0n) is 37.0. The van der Waals surface area contributed by atoms with Crippen LogP contribution in [-0.4, -0.2) is 17.6 Å². The summed E-state index contributed by atoms with van der Waals surface area (Å²) in [7, 11) is 0. The number of allylic oxidation sites excluding steroid dienone is 2. The largest absolute Gasteiger partial charge is 0.316 e. The molecule has 0 aliphatic rings. The van der Waals surface area contributed by atoms with Crippen molar-refractivity contribution in [3.63, 3.8) is 0 Å². The number of hydrogen-bond acceptors (Lipinski definition) is 0. The summed E-state index contributed by atoms with van der Waals surface area (Å²) in [5.74, 6) is 0. The van der Waals surface area contributed by atoms with Crippen molar-refractivity contribution in [3.8, 4) is 0 Å². The molecule has 0 atom stereocenters. The van der Waals surface area contributed by atoms with Crippen LogP contribution in [0.4, 0.5) is 0 Å². The smallest absolute Gasteiger partial charge is 0.105 e. The molecule has 0 saturated heterocycles. The van der Waals surface area contributed by atoms with Crippen molar-refractivity contribution >= 4 is 0 Å². The highest BCUT2D eigenvalue weighted by molar-refractivity contribution is 5.15. The molecule has 0 unspecified atom stereocenters. The summed E-state index contributed by atoms with van der Waals surface area (Å²) in [4.78, 5) is 0. The van der Waals surface area contributed by atoms with Gasteiger partial charge in [0.2, 0.25) is 0 Å². The number of rotatable bonds is 40. The van der Waals surface area contributed by atoms with Gasteiger partial charge in [0, 0.05) is 24.0 Å². The quantitative estimate of drug-likeness (QED) is 0.0361. The first-order valence-electron chi connectivity index (χ1n) is 24.5. The molecule has 0 aliphatic heterocycles. The molecule has 55 heavy (non-hydrogen) atoms. The summed E-state index contributed by atoms with van der Waals surface area (Å²) in [5.41, 5.74) is 2.94. The maximum absolute atomic E-state index is 2.51. The SMILES string of the molecule is CCCCCCCCCCCCCCCC/C=C/CC[N+](CC/C=C/CCCCCCCCCCCCCCCC)(Cc1ccccc1)Cc1ccccc1. The Morgan fingerprint density at radius 1 is 0.309 bits per heavy atom. The second-order valence-electron chi connectivity index (χ2n) is 17.4. The van der Waals surface area contributed by atoms with E-state index in [9.17, 15) is 0 Å². The predicted molar refractivity (Wildman–Crippen MR) is 248 cm³/mol. The second-order valence-corrected chi connectivity index (χ2v) is 17.4. The Hall–Kier alpha value is -2.12. The Morgan fingerprint density at radius 3 is 0.855 bits per heavy atom. The molecular formula is C54H92N+. The highest BCUT2D eigenvalue weighted by Crippen LogP contribution is 2.23. The topological polar surface area (TPSA) is 0 Å². The minimum Gasteiger partial charge on any atom is -0.316 e. The zero-order chi connectivity index (χ0) is 39.0. The van der Waals surface area contributed by atoms with E-state index in [1.165, 1.54) is 230 Å². The molecule has 0 aliphatic carbocycles. The first kappa shape index (κ1) is 49.0. The van der Waals surface area contributed by atoms with E-state index in [2.05, 4.69) is 98.8 Å². The first-order valence-corrected chi connectivity index (χ1v) is 24.5. The van der Waals surface area contributed by atoms with Gasteiger partial charge in [0.05, 0.1) is 13.1 Å². The van der Waals surface area contributed by atoms with E-state index >= 15 is 0 Å². The average Bonchev–Trinajstić information content (AvgIpc) is 3.20. The molecule has 0 aromatic heterocycles. The van der Waals surface area contributed by atoms with E-state index in [4.69, 9.17) is 0 Å². The molecule has 2 aromatic carbocycles. The van der Waals surface area contributed by atoms with Gasteiger partial charge in [-0.2, -0.15) is 0 Å². The number of benzene rings is 2. The Labute approximate surface area is 344 Å². The van der Waals surface area contributed by atoms with E-state index < -0.39 is 0 Å². The van der Waals surface area contributed by atoms with Crippen molar-refractivity contribution in [2.24, 2.45) is 0 Å². The monoisotopic (exact) mass is 755 g/mol. The third-order valence-electron chi connectivity index (χ3n) is 12.0. The predicted octanol–water partition coefficient (Wildman–Crippen LogP) is 17.8. The Kier molecular flexibility index (Phi) is 33.4. The van der Waals surface area contributed by atoms with Gasteiger partial charge in [-0.3, -0.25) is 0 Å².